The van der Waals surface area contributed by atoms with Crippen molar-refractivity contribution in [2.75, 3.05) is 46.9 Å². The number of hydrogen-bond donors (Lipinski definition) is 1. The largest absolute Gasteiger partial charge is 0.480 e. The number of nitrogens with zero attached hydrogens (tertiary/aromatic N) is 2. The lowest BCUT2D eigenvalue weighted by Crippen LogP contribution is -2.42. The van der Waals surface area contributed by atoms with Crippen LogP contribution in [-0.4, -0.2) is 79.9 Å². The predicted octanol–water partition coefficient (Wildman–Crippen LogP) is 0.0401. The summed E-state index contributed by atoms with van der Waals surface area (Å²) in [4.78, 5) is 24.8. The molecule has 112 valence electrons. The first-order valence-corrected chi connectivity index (χ1v) is 5.40. The summed E-state index contributed by atoms with van der Waals surface area (Å²) in [6.45, 7) is -2.39. The minimum Gasteiger partial charge on any atom is -0.480 e. The van der Waals surface area contributed by atoms with Crippen molar-refractivity contribution in [2.24, 2.45) is 0 Å². The summed E-state index contributed by atoms with van der Waals surface area (Å²) in [6.07, 6.45) is -4.51. The van der Waals surface area contributed by atoms with Gasteiger partial charge in [-0.15, -0.1) is 0 Å². The van der Waals surface area contributed by atoms with Crippen molar-refractivity contribution in [1.29, 1.82) is 0 Å². The van der Waals surface area contributed by atoms with Gasteiger partial charge in [-0.1, -0.05) is 0 Å². The van der Waals surface area contributed by atoms with E-state index in [1.54, 1.807) is 19.0 Å². The minimum absolute atomic E-state index is 0.105. The molecule has 0 rings (SSSR count). The van der Waals surface area contributed by atoms with Gasteiger partial charge in [0.2, 0.25) is 5.91 Å². The summed E-state index contributed by atoms with van der Waals surface area (Å²) in [5.41, 5.74) is 0. The number of alkyl halides is 3. The molecular weight excluding hydrogens is 269 g/mol. The number of likely N-dealkylation sites (N-methyl/N-ethyl adjacent to an activating group) is 1. The van der Waals surface area contributed by atoms with Crippen LogP contribution in [0.2, 0.25) is 0 Å². The summed E-state index contributed by atoms with van der Waals surface area (Å²) in [6, 6.07) is 0. The van der Waals surface area contributed by atoms with Crippen LogP contribution in [-0.2, 0) is 14.3 Å². The van der Waals surface area contributed by atoms with Crippen LogP contribution in [0, 0.1) is 0 Å². The van der Waals surface area contributed by atoms with Crippen LogP contribution < -0.4 is 0 Å². The zero-order valence-corrected chi connectivity index (χ0v) is 10.7. The molecule has 0 saturated carbocycles. The monoisotopic (exact) mass is 286 g/mol. The quantitative estimate of drug-likeness (QED) is 0.682. The Morgan fingerprint density at radius 3 is 2.21 bits per heavy atom. The molecule has 0 atom stereocenters. The van der Waals surface area contributed by atoms with Crippen molar-refractivity contribution in [1.82, 2.24) is 9.80 Å². The number of ether oxygens (including phenoxy) is 1. The summed E-state index contributed by atoms with van der Waals surface area (Å²) < 4.78 is 39.7. The van der Waals surface area contributed by atoms with Crippen molar-refractivity contribution in [3.8, 4) is 0 Å². The van der Waals surface area contributed by atoms with E-state index in [0.717, 1.165) is 4.90 Å². The van der Waals surface area contributed by atoms with Crippen LogP contribution in [0.1, 0.15) is 0 Å². The van der Waals surface area contributed by atoms with Crippen LogP contribution in [0.4, 0.5) is 13.2 Å². The highest BCUT2D eigenvalue weighted by Gasteiger charge is 2.28. The number of halogens is 3. The van der Waals surface area contributed by atoms with Gasteiger partial charge in [0.25, 0.3) is 0 Å². The molecule has 0 aliphatic rings. The molecule has 6 nitrogen and oxygen atoms in total. The molecule has 0 aliphatic heterocycles. The van der Waals surface area contributed by atoms with Crippen LogP contribution in [0.25, 0.3) is 0 Å². The molecule has 0 fully saturated rings. The van der Waals surface area contributed by atoms with E-state index < -0.39 is 37.8 Å². The summed E-state index contributed by atoms with van der Waals surface area (Å²) >= 11 is 0. The molecule has 0 heterocycles. The zero-order chi connectivity index (χ0) is 15.1. The molecule has 1 amide bonds. The Labute approximate surface area is 108 Å². The Bertz CT molecular complexity index is 308. The van der Waals surface area contributed by atoms with Crippen molar-refractivity contribution in [2.45, 2.75) is 6.18 Å². The van der Waals surface area contributed by atoms with E-state index in [1.807, 2.05) is 0 Å². The fourth-order valence-electron chi connectivity index (χ4n) is 1.12. The lowest BCUT2D eigenvalue weighted by Gasteiger charge is -2.22. The normalized spacial score (nSPS) is 11.7. The van der Waals surface area contributed by atoms with Crippen LogP contribution in [0.15, 0.2) is 0 Å². The van der Waals surface area contributed by atoms with E-state index in [0.29, 0.717) is 6.54 Å². The van der Waals surface area contributed by atoms with Crippen LogP contribution in [0.5, 0.6) is 0 Å². The maximum atomic E-state index is 11.8. The molecule has 0 aromatic rings. The molecule has 0 saturated heterocycles. The van der Waals surface area contributed by atoms with Crippen molar-refractivity contribution < 1.29 is 32.6 Å². The smallest absolute Gasteiger partial charge is 0.411 e. The van der Waals surface area contributed by atoms with Gasteiger partial charge < -0.3 is 19.6 Å². The van der Waals surface area contributed by atoms with Crippen molar-refractivity contribution >= 4 is 11.9 Å². The first-order valence-electron chi connectivity index (χ1n) is 5.40. The van der Waals surface area contributed by atoms with E-state index in [9.17, 15) is 22.8 Å². The van der Waals surface area contributed by atoms with Crippen molar-refractivity contribution in [3.05, 3.63) is 0 Å². The third-order valence-corrected chi connectivity index (χ3v) is 1.99. The predicted molar refractivity (Wildman–Crippen MR) is 59.6 cm³/mol. The Morgan fingerprint density at radius 1 is 1.21 bits per heavy atom. The summed E-state index contributed by atoms with van der Waals surface area (Å²) in [7, 11) is 3.45. The van der Waals surface area contributed by atoms with Crippen LogP contribution in [0.3, 0.4) is 0 Å². The van der Waals surface area contributed by atoms with Gasteiger partial charge in [-0.2, -0.15) is 13.2 Å². The Hall–Kier alpha value is -1.35. The number of carboxylic acid groups (broad SMARTS) is 1. The zero-order valence-electron chi connectivity index (χ0n) is 10.7. The third kappa shape index (κ3) is 10.3. The molecular formula is C10H17F3N2O4. The van der Waals surface area contributed by atoms with Gasteiger partial charge in [0.1, 0.15) is 19.8 Å². The van der Waals surface area contributed by atoms with Gasteiger partial charge in [-0.25, -0.2) is 0 Å². The third-order valence-electron chi connectivity index (χ3n) is 1.99. The highest BCUT2D eigenvalue weighted by atomic mass is 19.4. The molecule has 0 aliphatic carbocycles. The molecule has 9 heteroatoms. The van der Waals surface area contributed by atoms with Gasteiger partial charge in [-0.3, -0.25) is 9.59 Å². The fourth-order valence-corrected chi connectivity index (χ4v) is 1.12. The molecule has 1 N–H and O–H groups in total. The number of aliphatic carboxylic acids is 1. The van der Waals surface area contributed by atoms with Crippen LogP contribution >= 0.6 is 0 Å². The van der Waals surface area contributed by atoms with E-state index >= 15 is 0 Å². The number of amides is 1. The van der Waals surface area contributed by atoms with E-state index in [4.69, 9.17) is 5.11 Å². The molecule has 0 bridgehead atoms. The van der Waals surface area contributed by atoms with E-state index in [-0.39, 0.29) is 6.54 Å². The van der Waals surface area contributed by atoms with E-state index in [2.05, 4.69) is 4.74 Å². The highest BCUT2D eigenvalue weighted by molar-refractivity contribution is 5.82. The van der Waals surface area contributed by atoms with Gasteiger partial charge >= 0.3 is 12.1 Å². The minimum atomic E-state index is -4.51. The summed E-state index contributed by atoms with van der Waals surface area (Å²) in [5.74, 6) is -2.02. The Morgan fingerprint density at radius 2 is 1.79 bits per heavy atom. The lowest BCUT2D eigenvalue weighted by molar-refractivity contribution is -0.178. The van der Waals surface area contributed by atoms with Gasteiger partial charge in [0.05, 0.1) is 0 Å². The number of carbonyl (C=O) groups is 2. The second-order valence-corrected chi connectivity index (χ2v) is 4.12. The number of carbonyl (C=O) groups excluding carboxylic acids is 1. The SMILES string of the molecule is CN(C)CCN(CC(=O)O)C(=O)COCC(F)(F)F. The standard InChI is InChI=1S/C10H17F3N2O4/c1-14(2)3-4-15(5-9(17)18)8(16)6-19-7-10(11,12)13/h3-7H2,1-2H3,(H,17,18). The maximum Gasteiger partial charge on any atom is 0.411 e. The molecule has 0 unspecified atom stereocenters. The van der Waals surface area contributed by atoms with Gasteiger partial charge in [0, 0.05) is 13.1 Å². The van der Waals surface area contributed by atoms with E-state index in [1.165, 1.54) is 0 Å². The second-order valence-electron chi connectivity index (χ2n) is 4.12. The van der Waals surface area contributed by atoms with Gasteiger partial charge in [-0.05, 0) is 14.1 Å². The highest BCUT2D eigenvalue weighted by Crippen LogP contribution is 2.14. The first-order chi connectivity index (χ1) is 8.61. The Balaban J connectivity index is 4.25. The average Bonchev–Trinajstić information content (AvgIpc) is 2.21. The summed E-state index contributed by atoms with van der Waals surface area (Å²) in [5, 5.41) is 8.62. The number of rotatable bonds is 8. The maximum absolute atomic E-state index is 11.8. The molecule has 0 aromatic carbocycles. The Kier molecular flexibility index (Phi) is 7.38. The molecule has 0 radical (unpaired) electrons. The lowest BCUT2D eigenvalue weighted by atomic mass is 10.4. The van der Waals surface area contributed by atoms with Crippen molar-refractivity contribution in [3.63, 3.8) is 0 Å². The molecule has 0 aromatic heterocycles. The van der Waals surface area contributed by atoms with Gasteiger partial charge in [0.15, 0.2) is 0 Å². The average molecular weight is 286 g/mol. The first kappa shape index (κ1) is 17.6. The second kappa shape index (κ2) is 7.95. The number of carboxylic acids is 1. The molecule has 0 spiro atoms. The number of hydrogen-bond acceptors (Lipinski definition) is 4. The fraction of sp³-hybridized carbons (Fsp3) is 0.800. The molecule has 19 heavy (non-hydrogen) atoms. The topological polar surface area (TPSA) is 70.1 Å².